The Labute approximate surface area is 138 Å². The van der Waals surface area contributed by atoms with E-state index in [2.05, 4.69) is 0 Å². The standard InChI is InChI=1S/C20H15F3O/c1-2-24-20-10-6-15(12-19(20)23)17-9-5-14(11-18(17)22)13-3-7-16(21)8-4-13/h3-12H,2H2,1H3. The Morgan fingerprint density at radius 3 is 1.96 bits per heavy atom. The molecule has 1 nitrogen and oxygen atoms in total. The highest BCUT2D eigenvalue weighted by atomic mass is 19.1. The summed E-state index contributed by atoms with van der Waals surface area (Å²) in [5.74, 6) is -1.21. The van der Waals surface area contributed by atoms with Crippen LogP contribution in [0.1, 0.15) is 6.92 Å². The van der Waals surface area contributed by atoms with Gasteiger partial charge in [-0.15, -0.1) is 0 Å². The molecule has 0 heterocycles. The van der Waals surface area contributed by atoms with Gasteiger partial charge in [-0.1, -0.05) is 30.3 Å². The van der Waals surface area contributed by atoms with Gasteiger partial charge in [0.1, 0.15) is 11.6 Å². The summed E-state index contributed by atoms with van der Waals surface area (Å²) in [6, 6.07) is 14.8. The maximum Gasteiger partial charge on any atom is 0.165 e. The molecule has 0 spiro atoms. The van der Waals surface area contributed by atoms with Crippen molar-refractivity contribution >= 4 is 0 Å². The fourth-order valence-electron chi connectivity index (χ4n) is 2.51. The molecule has 3 aromatic rings. The molecule has 0 radical (unpaired) electrons. The van der Waals surface area contributed by atoms with Gasteiger partial charge in [-0.2, -0.15) is 0 Å². The topological polar surface area (TPSA) is 9.23 Å². The number of halogens is 3. The van der Waals surface area contributed by atoms with Crippen LogP contribution in [0.15, 0.2) is 60.7 Å². The molecular formula is C20H15F3O. The lowest BCUT2D eigenvalue weighted by atomic mass is 9.99. The molecule has 3 aromatic carbocycles. The Bertz CT molecular complexity index is 857. The van der Waals surface area contributed by atoms with Crippen molar-refractivity contribution in [3.63, 3.8) is 0 Å². The minimum atomic E-state index is -0.531. The summed E-state index contributed by atoms with van der Waals surface area (Å²) in [6.45, 7) is 2.12. The van der Waals surface area contributed by atoms with Crippen molar-refractivity contribution in [2.75, 3.05) is 6.61 Å². The summed E-state index contributed by atoms with van der Waals surface area (Å²) in [7, 11) is 0. The summed E-state index contributed by atoms with van der Waals surface area (Å²) in [4.78, 5) is 0. The smallest absolute Gasteiger partial charge is 0.165 e. The molecule has 0 aromatic heterocycles. The van der Waals surface area contributed by atoms with E-state index in [1.54, 1.807) is 37.3 Å². The zero-order valence-corrected chi connectivity index (χ0v) is 13.0. The third-order valence-corrected chi connectivity index (χ3v) is 3.69. The van der Waals surface area contributed by atoms with E-state index < -0.39 is 11.6 Å². The summed E-state index contributed by atoms with van der Waals surface area (Å²) in [5, 5.41) is 0. The molecule has 0 bridgehead atoms. The van der Waals surface area contributed by atoms with E-state index in [0.717, 1.165) is 0 Å². The van der Waals surface area contributed by atoms with E-state index in [1.165, 1.54) is 30.3 Å². The number of hydrogen-bond acceptors (Lipinski definition) is 1. The van der Waals surface area contributed by atoms with Crippen molar-refractivity contribution in [1.29, 1.82) is 0 Å². The predicted molar refractivity (Wildman–Crippen MR) is 88.4 cm³/mol. The first kappa shape index (κ1) is 16.1. The Hall–Kier alpha value is -2.75. The fraction of sp³-hybridized carbons (Fsp3) is 0.100. The van der Waals surface area contributed by atoms with Gasteiger partial charge >= 0.3 is 0 Å². The number of ether oxygens (including phenoxy) is 1. The molecular weight excluding hydrogens is 313 g/mol. The van der Waals surface area contributed by atoms with Crippen molar-refractivity contribution < 1.29 is 17.9 Å². The Morgan fingerprint density at radius 1 is 0.708 bits per heavy atom. The second-order valence-electron chi connectivity index (χ2n) is 5.28. The number of rotatable bonds is 4. The van der Waals surface area contributed by atoms with Gasteiger partial charge in [-0.05, 0) is 53.9 Å². The zero-order valence-electron chi connectivity index (χ0n) is 13.0. The summed E-state index contributed by atoms with van der Waals surface area (Å²) in [5.41, 5.74) is 2.06. The van der Waals surface area contributed by atoms with Crippen LogP contribution in [-0.2, 0) is 0 Å². The van der Waals surface area contributed by atoms with Crippen molar-refractivity contribution in [1.82, 2.24) is 0 Å². The second kappa shape index (κ2) is 6.79. The van der Waals surface area contributed by atoms with E-state index in [0.29, 0.717) is 28.9 Å². The molecule has 0 saturated carbocycles. The van der Waals surface area contributed by atoms with E-state index in [4.69, 9.17) is 4.74 Å². The lowest BCUT2D eigenvalue weighted by molar-refractivity contribution is 0.321. The van der Waals surface area contributed by atoms with Crippen LogP contribution >= 0.6 is 0 Å². The Morgan fingerprint density at radius 2 is 1.33 bits per heavy atom. The molecule has 0 fully saturated rings. The highest BCUT2D eigenvalue weighted by Crippen LogP contribution is 2.30. The molecule has 24 heavy (non-hydrogen) atoms. The van der Waals surface area contributed by atoms with E-state index in [-0.39, 0.29) is 11.6 Å². The van der Waals surface area contributed by atoms with Crippen LogP contribution in [0.5, 0.6) is 5.75 Å². The highest BCUT2D eigenvalue weighted by Gasteiger charge is 2.11. The van der Waals surface area contributed by atoms with Crippen LogP contribution in [0.4, 0.5) is 13.2 Å². The summed E-state index contributed by atoms with van der Waals surface area (Å²) in [6.07, 6.45) is 0. The molecule has 0 amide bonds. The Kier molecular flexibility index (Phi) is 4.56. The van der Waals surface area contributed by atoms with E-state index in [1.807, 2.05) is 0 Å². The van der Waals surface area contributed by atoms with Gasteiger partial charge in [0.15, 0.2) is 11.6 Å². The molecule has 0 aliphatic heterocycles. The van der Waals surface area contributed by atoms with Crippen molar-refractivity contribution in [3.8, 4) is 28.0 Å². The average Bonchev–Trinajstić information content (AvgIpc) is 2.57. The number of hydrogen-bond donors (Lipinski definition) is 0. The van der Waals surface area contributed by atoms with Crippen LogP contribution < -0.4 is 4.74 Å². The maximum absolute atomic E-state index is 14.5. The zero-order chi connectivity index (χ0) is 17.1. The van der Waals surface area contributed by atoms with Gasteiger partial charge < -0.3 is 4.74 Å². The first-order valence-corrected chi connectivity index (χ1v) is 7.56. The van der Waals surface area contributed by atoms with Gasteiger partial charge in [0, 0.05) is 5.56 Å². The van der Waals surface area contributed by atoms with Crippen LogP contribution in [0.25, 0.3) is 22.3 Å². The van der Waals surface area contributed by atoms with Gasteiger partial charge in [-0.25, -0.2) is 13.2 Å². The molecule has 0 saturated heterocycles. The molecule has 0 unspecified atom stereocenters. The van der Waals surface area contributed by atoms with Gasteiger partial charge in [0.25, 0.3) is 0 Å². The molecule has 4 heteroatoms. The molecule has 0 atom stereocenters. The monoisotopic (exact) mass is 328 g/mol. The minimum Gasteiger partial charge on any atom is -0.491 e. The minimum absolute atomic E-state index is 0.143. The lowest BCUT2D eigenvalue weighted by Gasteiger charge is -2.09. The van der Waals surface area contributed by atoms with Gasteiger partial charge in [0.2, 0.25) is 0 Å². The Balaban J connectivity index is 1.95. The third-order valence-electron chi connectivity index (χ3n) is 3.69. The van der Waals surface area contributed by atoms with Crippen LogP contribution in [0.2, 0.25) is 0 Å². The molecule has 3 rings (SSSR count). The molecule has 0 N–H and O–H groups in total. The quantitative estimate of drug-likeness (QED) is 0.585. The van der Waals surface area contributed by atoms with Crippen LogP contribution in [-0.4, -0.2) is 6.61 Å². The third kappa shape index (κ3) is 3.27. The summed E-state index contributed by atoms with van der Waals surface area (Å²) >= 11 is 0. The fourth-order valence-corrected chi connectivity index (χ4v) is 2.51. The van der Waals surface area contributed by atoms with Gasteiger partial charge in [0.05, 0.1) is 6.61 Å². The molecule has 0 aliphatic carbocycles. The van der Waals surface area contributed by atoms with Crippen molar-refractivity contribution in [3.05, 3.63) is 78.1 Å². The largest absolute Gasteiger partial charge is 0.491 e. The first-order chi connectivity index (χ1) is 11.6. The van der Waals surface area contributed by atoms with E-state index >= 15 is 0 Å². The predicted octanol–water partition coefficient (Wildman–Crippen LogP) is 5.84. The normalized spacial score (nSPS) is 10.7. The molecule has 0 aliphatic rings. The van der Waals surface area contributed by atoms with Crippen LogP contribution in [0, 0.1) is 17.5 Å². The lowest BCUT2D eigenvalue weighted by Crippen LogP contribution is -1.95. The number of benzene rings is 3. The van der Waals surface area contributed by atoms with Crippen molar-refractivity contribution in [2.24, 2.45) is 0 Å². The SMILES string of the molecule is CCOc1ccc(-c2ccc(-c3ccc(F)cc3)cc2F)cc1F. The molecule has 122 valence electrons. The highest BCUT2D eigenvalue weighted by molar-refractivity contribution is 5.71. The van der Waals surface area contributed by atoms with Gasteiger partial charge in [-0.3, -0.25) is 0 Å². The second-order valence-corrected chi connectivity index (χ2v) is 5.28. The maximum atomic E-state index is 14.5. The van der Waals surface area contributed by atoms with E-state index in [9.17, 15) is 13.2 Å². The first-order valence-electron chi connectivity index (χ1n) is 7.56. The average molecular weight is 328 g/mol. The summed E-state index contributed by atoms with van der Waals surface area (Å²) < 4.78 is 46.5. The van der Waals surface area contributed by atoms with Crippen LogP contribution in [0.3, 0.4) is 0 Å². The van der Waals surface area contributed by atoms with Crippen molar-refractivity contribution in [2.45, 2.75) is 6.92 Å².